The van der Waals surface area contributed by atoms with E-state index in [1.807, 2.05) is 12.1 Å². The average molecular weight is 499 g/mol. The first kappa shape index (κ1) is 22.4. The molecule has 7 rings (SSSR count). The predicted octanol–water partition coefficient (Wildman–Crippen LogP) is 9.77. The van der Waals surface area contributed by atoms with Gasteiger partial charge in [-0.05, 0) is 74.7 Å². The summed E-state index contributed by atoms with van der Waals surface area (Å²) in [6.45, 7) is 6.88. The molecule has 0 bridgehead atoms. The minimum absolute atomic E-state index is 0.0314. The fourth-order valence-corrected chi connectivity index (χ4v) is 6.39. The Bertz CT molecular complexity index is 1640. The van der Waals surface area contributed by atoms with Crippen molar-refractivity contribution in [1.29, 1.82) is 0 Å². The Morgan fingerprint density at radius 2 is 1.16 bits per heavy atom. The summed E-state index contributed by atoms with van der Waals surface area (Å²) < 4.78 is 6.51. The average Bonchev–Trinajstić information content (AvgIpc) is 3.20. The van der Waals surface area contributed by atoms with Gasteiger partial charge in [-0.2, -0.15) is 0 Å². The van der Waals surface area contributed by atoms with Crippen LogP contribution >= 0.6 is 11.6 Å². The maximum Gasteiger partial charge on any atom is 0.132 e. The molecule has 1 aliphatic carbocycles. The van der Waals surface area contributed by atoms with Gasteiger partial charge < -0.3 is 4.74 Å². The summed E-state index contributed by atoms with van der Waals surface area (Å²) in [5, 5.41) is 0.747. The monoisotopic (exact) mass is 498 g/mol. The highest BCUT2D eigenvalue weighted by atomic mass is 35.5. The number of fused-ring (bicyclic) bond motifs is 9. The van der Waals surface area contributed by atoms with E-state index in [0.29, 0.717) is 0 Å². The summed E-state index contributed by atoms with van der Waals surface area (Å²) in [5.41, 5.74) is 10.8. The first-order chi connectivity index (χ1) is 17.9. The Morgan fingerprint density at radius 1 is 0.595 bits per heavy atom. The van der Waals surface area contributed by atoms with E-state index < -0.39 is 5.41 Å². The van der Waals surface area contributed by atoms with Crippen LogP contribution in [0.25, 0.3) is 22.3 Å². The minimum Gasteiger partial charge on any atom is -0.457 e. The largest absolute Gasteiger partial charge is 0.457 e. The number of para-hydroxylation sites is 2. The topological polar surface area (TPSA) is 9.23 Å². The molecular weight excluding hydrogens is 472 g/mol. The number of ether oxygens (including phenoxy) is 1. The minimum atomic E-state index is -0.472. The lowest BCUT2D eigenvalue weighted by Gasteiger charge is -2.40. The SMILES string of the molecule is CC(C)(C)c1cc(-c2ccc(Cl)cc2)c2c(c1)C1(c3ccccc3Oc3ccccc31)c1ccccc1-2. The highest BCUT2D eigenvalue weighted by Gasteiger charge is 2.51. The number of hydrogen-bond acceptors (Lipinski definition) is 1. The van der Waals surface area contributed by atoms with Gasteiger partial charge in [0.1, 0.15) is 11.5 Å². The number of benzene rings is 5. The standard InChI is InChI=1S/C35H27ClO/c1-34(2,3)23-20-26(22-16-18-24(36)19-17-22)33-25-10-4-5-11-27(25)35(30(33)21-23)28-12-6-8-14-31(28)37-32-15-9-7-13-29(32)35/h4-21H,1-3H3. The first-order valence-corrected chi connectivity index (χ1v) is 13.2. The van der Waals surface area contributed by atoms with Crippen LogP contribution in [0.1, 0.15) is 48.6 Å². The van der Waals surface area contributed by atoms with Crippen molar-refractivity contribution < 1.29 is 4.74 Å². The van der Waals surface area contributed by atoms with Crippen molar-refractivity contribution in [2.24, 2.45) is 0 Å². The lowest BCUT2D eigenvalue weighted by Crippen LogP contribution is -2.32. The molecule has 0 saturated carbocycles. The molecule has 0 N–H and O–H groups in total. The van der Waals surface area contributed by atoms with Crippen molar-refractivity contribution in [1.82, 2.24) is 0 Å². The van der Waals surface area contributed by atoms with Crippen molar-refractivity contribution in [3.63, 3.8) is 0 Å². The second kappa shape index (κ2) is 7.84. The normalized spacial score (nSPS) is 14.4. The molecular formula is C35H27ClO. The molecule has 1 nitrogen and oxygen atoms in total. The molecule has 0 atom stereocenters. The van der Waals surface area contributed by atoms with Gasteiger partial charge >= 0.3 is 0 Å². The summed E-state index contributed by atoms with van der Waals surface area (Å²) in [6, 6.07) is 39.1. The number of hydrogen-bond donors (Lipinski definition) is 0. The molecule has 0 amide bonds. The predicted molar refractivity (Wildman–Crippen MR) is 153 cm³/mol. The zero-order valence-electron chi connectivity index (χ0n) is 21.2. The smallest absolute Gasteiger partial charge is 0.132 e. The second-order valence-electron chi connectivity index (χ2n) is 11.1. The zero-order chi connectivity index (χ0) is 25.4. The highest BCUT2D eigenvalue weighted by Crippen LogP contribution is 2.63. The van der Waals surface area contributed by atoms with E-state index in [1.54, 1.807) is 0 Å². The van der Waals surface area contributed by atoms with Crippen LogP contribution in [-0.4, -0.2) is 0 Å². The van der Waals surface area contributed by atoms with Crippen molar-refractivity contribution in [2.45, 2.75) is 31.6 Å². The lowest BCUT2D eigenvalue weighted by molar-refractivity contribution is 0.436. The van der Waals surface area contributed by atoms with Crippen molar-refractivity contribution in [2.75, 3.05) is 0 Å². The van der Waals surface area contributed by atoms with Gasteiger partial charge in [-0.1, -0.05) is 111 Å². The van der Waals surface area contributed by atoms with Crippen molar-refractivity contribution in [3.05, 3.63) is 142 Å². The van der Waals surface area contributed by atoms with Gasteiger partial charge in [0.15, 0.2) is 0 Å². The van der Waals surface area contributed by atoms with Gasteiger partial charge in [0.25, 0.3) is 0 Å². The maximum absolute atomic E-state index is 6.51. The van der Waals surface area contributed by atoms with Crippen LogP contribution in [0.3, 0.4) is 0 Å². The van der Waals surface area contributed by atoms with Gasteiger partial charge in [0.05, 0.1) is 5.41 Å². The molecule has 0 unspecified atom stereocenters. The number of rotatable bonds is 1. The summed E-state index contributed by atoms with van der Waals surface area (Å²) in [6.07, 6.45) is 0. The fourth-order valence-electron chi connectivity index (χ4n) is 6.27. The molecule has 1 aliphatic heterocycles. The van der Waals surface area contributed by atoms with Gasteiger partial charge in [0.2, 0.25) is 0 Å². The lowest BCUT2D eigenvalue weighted by atomic mass is 9.65. The van der Waals surface area contributed by atoms with E-state index in [2.05, 4.69) is 118 Å². The third kappa shape index (κ3) is 3.11. The quantitative estimate of drug-likeness (QED) is 0.219. The molecule has 37 heavy (non-hydrogen) atoms. The fraction of sp³-hybridized carbons (Fsp3) is 0.143. The van der Waals surface area contributed by atoms with Crippen molar-refractivity contribution >= 4 is 11.6 Å². The van der Waals surface area contributed by atoms with Crippen LogP contribution in [0.4, 0.5) is 0 Å². The van der Waals surface area contributed by atoms with Crippen LogP contribution in [-0.2, 0) is 10.8 Å². The highest BCUT2D eigenvalue weighted by molar-refractivity contribution is 6.30. The van der Waals surface area contributed by atoms with Crippen LogP contribution in [0, 0.1) is 0 Å². The Hall–Kier alpha value is -3.81. The van der Waals surface area contributed by atoms with Gasteiger partial charge in [-0.25, -0.2) is 0 Å². The third-order valence-electron chi connectivity index (χ3n) is 7.97. The Labute approximate surface area is 223 Å². The number of halogens is 1. The Kier molecular flexibility index (Phi) is 4.75. The van der Waals surface area contributed by atoms with E-state index in [-0.39, 0.29) is 5.41 Å². The maximum atomic E-state index is 6.51. The van der Waals surface area contributed by atoms with Crippen LogP contribution in [0.15, 0.2) is 109 Å². The third-order valence-corrected chi connectivity index (χ3v) is 8.22. The molecule has 0 saturated heterocycles. The first-order valence-electron chi connectivity index (χ1n) is 12.8. The van der Waals surface area contributed by atoms with E-state index in [9.17, 15) is 0 Å². The van der Waals surface area contributed by atoms with E-state index in [0.717, 1.165) is 16.5 Å². The molecule has 180 valence electrons. The zero-order valence-corrected chi connectivity index (χ0v) is 21.9. The van der Waals surface area contributed by atoms with Crippen LogP contribution in [0.5, 0.6) is 11.5 Å². The molecule has 5 aromatic rings. The van der Waals surface area contributed by atoms with E-state index in [1.165, 1.54) is 50.1 Å². The molecule has 2 aliphatic rings. The molecule has 5 aromatic carbocycles. The summed E-state index contributed by atoms with van der Waals surface area (Å²) in [4.78, 5) is 0. The molecule has 2 heteroatoms. The van der Waals surface area contributed by atoms with E-state index in [4.69, 9.17) is 16.3 Å². The molecule has 0 aromatic heterocycles. The van der Waals surface area contributed by atoms with Gasteiger partial charge in [-0.3, -0.25) is 0 Å². The Balaban J connectivity index is 1.70. The molecule has 0 radical (unpaired) electrons. The molecule has 0 fully saturated rings. The van der Waals surface area contributed by atoms with Crippen LogP contribution in [0.2, 0.25) is 5.02 Å². The second-order valence-corrected chi connectivity index (χ2v) is 11.5. The van der Waals surface area contributed by atoms with Gasteiger partial charge in [-0.15, -0.1) is 0 Å². The summed E-state index contributed by atoms with van der Waals surface area (Å²) in [5.74, 6) is 1.83. The summed E-state index contributed by atoms with van der Waals surface area (Å²) >= 11 is 6.32. The van der Waals surface area contributed by atoms with Crippen LogP contribution < -0.4 is 4.74 Å². The summed E-state index contributed by atoms with van der Waals surface area (Å²) in [7, 11) is 0. The van der Waals surface area contributed by atoms with E-state index >= 15 is 0 Å². The molecule has 1 spiro atoms. The van der Waals surface area contributed by atoms with Crippen molar-refractivity contribution in [3.8, 4) is 33.8 Å². The van der Waals surface area contributed by atoms with Gasteiger partial charge in [0, 0.05) is 16.1 Å². The Morgan fingerprint density at radius 3 is 1.78 bits per heavy atom. The molecule has 1 heterocycles.